The maximum absolute atomic E-state index is 5.93. The van der Waals surface area contributed by atoms with E-state index in [2.05, 4.69) is 15.9 Å². The SMILES string of the molecule is BrC1CCCCC1OCCCC1CC1. The molecular weight excluding hydrogens is 240 g/mol. The van der Waals surface area contributed by atoms with Gasteiger partial charge in [-0.05, 0) is 31.6 Å². The van der Waals surface area contributed by atoms with Crippen LogP contribution in [0, 0.1) is 5.92 Å². The van der Waals surface area contributed by atoms with Gasteiger partial charge in [-0.15, -0.1) is 0 Å². The Morgan fingerprint density at radius 1 is 1.07 bits per heavy atom. The monoisotopic (exact) mass is 260 g/mol. The summed E-state index contributed by atoms with van der Waals surface area (Å²) in [6.45, 7) is 0.989. The molecule has 2 rings (SSSR count). The lowest BCUT2D eigenvalue weighted by Crippen LogP contribution is -2.28. The minimum absolute atomic E-state index is 0.503. The fraction of sp³-hybridized carbons (Fsp3) is 1.00. The number of ether oxygens (including phenoxy) is 1. The minimum atomic E-state index is 0.503. The van der Waals surface area contributed by atoms with Gasteiger partial charge in [0.1, 0.15) is 0 Å². The summed E-state index contributed by atoms with van der Waals surface area (Å²) in [7, 11) is 0. The Hall–Kier alpha value is 0.440. The molecule has 0 bridgehead atoms. The second kappa shape index (κ2) is 5.50. The quantitative estimate of drug-likeness (QED) is 0.538. The molecule has 0 aromatic carbocycles. The summed E-state index contributed by atoms with van der Waals surface area (Å²) in [5.74, 6) is 1.06. The Morgan fingerprint density at radius 3 is 2.57 bits per heavy atom. The van der Waals surface area contributed by atoms with Gasteiger partial charge >= 0.3 is 0 Å². The third-order valence-electron chi connectivity index (χ3n) is 3.41. The summed E-state index contributed by atoms with van der Waals surface area (Å²) in [5.41, 5.74) is 0. The van der Waals surface area contributed by atoms with Gasteiger partial charge in [0.25, 0.3) is 0 Å². The molecule has 0 aromatic heterocycles. The van der Waals surface area contributed by atoms with Crippen molar-refractivity contribution in [3.8, 4) is 0 Å². The first-order chi connectivity index (χ1) is 6.86. The Labute approximate surface area is 95.7 Å². The van der Waals surface area contributed by atoms with Crippen molar-refractivity contribution in [3.05, 3.63) is 0 Å². The molecule has 2 aliphatic rings. The Bertz CT molecular complexity index is 168. The van der Waals surface area contributed by atoms with Crippen molar-refractivity contribution >= 4 is 15.9 Å². The number of alkyl halides is 1. The topological polar surface area (TPSA) is 9.23 Å². The highest BCUT2D eigenvalue weighted by Gasteiger charge is 2.24. The van der Waals surface area contributed by atoms with Crippen molar-refractivity contribution in [2.24, 2.45) is 5.92 Å². The van der Waals surface area contributed by atoms with E-state index in [1.807, 2.05) is 0 Å². The molecule has 0 heterocycles. The van der Waals surface area contributed by atoms with Crippen LogP contribution >= 0.6 is 15.9 Å². The maximum Gasteiger partial charge on any atom is 0.0700 e. The average molecular weight is 261 g/mol. The molecule has 0 radical (unpaired) electrons. The molecule has 82 valence electrons. The highest BCUT2D eigenvalue weighted by Crippen LogP contribution is 2.33. The molecule has 0 spiro atoms. The van der Waals surface area contributed by atoms with Crippen LogP contribution in [0.15, 0.2) is 0 Å². The average Bonchev–Trinajstić information content (AvgIpc) is 2.99. The third-order valence-corrected chi connectivity index (χ3v) is 4.46. The van der Waals surface area contributed by atoms with Gasteiger partial charge in [-0.1, -0.05) is 41.6 Å². The zero-order valence-corrected chi connectivity index (χ0v) is 10.5. The summed E-state index contributed by atoms with van der Waals surface area (Å²) >= 11 is 3.72. The number of hydrogen-bond acceptors (Lipinski definition) is 1. The van der Waals surface area contributed by atoms with Crippen LogP contribution in [0.2, 0.25) is 0 Å². The fourth-order valence-electron chi connectivity index (χ4n) is 2.25. The van der Waals surface area contributed by atoms with Crippen LogP contribution in [0.3, 0.4) is 0 Å². The summed E-state index contributed by atoms with van der Waals surface area (Å²) in [6.07, 6.45) is 11.4. The van der Waals surface area contributed by atoms with Gasteiger partial charge in [0.2, 0.25) is 0 Å². The molecule has 2 saturated carbocycles. The van der Waals surface area contributed by atoms with E-state index in [4.69, 9.17) is 4.74 Å². The molecular formula is C12H21BrO. The van der Waals surface area contributed by atoms with Gasteiger partial charge < -0.3 is 4.74 Å². The second-order valence-electron chi connectivity index (χ2n) is 4.80. The van der Waals surface area contributed by atoms with E-state index in [-0.39, 0.29) is 0 Å². The lowest BCUT2D eigenvalue weighted by Gasteiger charge is -2.27. The lowest BCUT2D eigenvalue weighted by molar-refractivity contribution is 0.0318. The molecule has 2 aliphatic carbocycles. The van der Waals surface area contributed by atoms with Gasteiger partial charge in [-0.2, -0.15) is 0 Å². The first-order valence-electron chi connectivity index (χ1n) is 6.12. The van der Waals surface area contributed by atoms with Crippen LogP contribution in [0.1, 0.15) is 51.4 Å². The van der Waals surface area contributed by atoms with Crippen LogP contribution in [0.4, 0.5) is 0 Å². The molecule has 2 heteroatoms. The third kappa shape index (κ3) is 3.54. The van der Waals surface area contributed by atoms with Crippen molar-refractivity contribution in [2.75, 3.05) is 6.61 Å². The highest BCUT2D eigenvalue weighted by molar-refractivity contribution is 9.09. The predicted molar refractivity (Wildman–Crippen MR) is 62.9 cm³/mol. The van der Waals surface area contributed by atoms with Gasteiger partial charge in [0.15, 0.2) is 0 Å². The van der Waals surface area contributed by atoms with Crippen molar-refractivity contribution in [2.45, 2.75) is 62.3 Å². The van der Waals surface area contributed by atoms with Gasteiger partial charge in [-0.3, -0.25) is 0 Å². The van der Waals surface area contributed by atoms with Gasteiger partial charge in [0, 0.05) is 11.4 Å². The van der Waals surface area contributed by atoms with Crippen molar-refractivity contribution in [1.29, 1.82) is 0 Å². The second-order valence-corrected chi connectivity index (χ2v) is 5.97. The van der Waals surface area contributed by atoms with E-state index in [0.717, 1.165) is 12.5 Å². The van der Waals surface area contributed by atoms with Crippen LogP contribution in [0.5, 0.6) is 0 Å². The normalized spacial score (nSPS) is 33.2. The Balaban J connectivity index is 1.53. The van der Waals surface area contributed by atoms with Crippen LogP contribution < -0.4 is 0 Å². The predicted octanol–water partition coefficient (Wildman–Crippen LogP) is 3.90. The molecule has 0 aromatic rings. The Morgan fingerprint density at radius 2 is 1.86 bits per heavy atom. The van der Waals surface area contributed by atoms with Gasteiger partial charge in [-0.25, -0.2) is 0 Å². The molecule has 0 aliphatic heterocycles. The molecule has 0 amide bonds. The molecule has 14 heavy (non-hydrogen) atoms. The highest BCUT2D eigenvalue weighted by atomic mass is 79.9. The van der Waals surface area contributed by atoms with E-state index >= 15 is 0 Å². The summed E-state index contributed by atoms with van der Waals surface area (Å²) in [5, 5.41) is 0. The zero-order chi connectivity index (χ0) is 9.80. The van der Waals surface area contributed by atoms with E-state index in [9.17, 15) is 0 Å². The summed E-state index contributed by atoms with van der Waals surface area (Å²) in [4.78, 5) is 0.622. The van der Waals surface area contributed by atoms with Crippen molar-refractivity contribution < 1.29 is 4.74 Å². The lowest BCUT2D eigenvalue weighted by atomic mass is 9.97. The number of halogens is 1. The maximum atomic E-state index is 5.93. The number of hydrogen-bond donors (Lipinski definition) is 0. The summed E-state index contributed by atoms with van der Waals surface area (Å²) < 4.78 is 5.93. The summed E-state index contributed by atoms with van der Waals surface area (Å²) in [6, 6.07) is 0. The van der Waals surface area contributed by atoms with Crippen LogP contribution in [-0.4, -0.2) is 17.5 Å². The van der Waals surface area contributed by atoms with E-state index in [1.165, 1.54) is 51.4 Å². The van der Waals surface area contributed by atoms with Crippen LogP contribution in [-0.2, 0) is 4.74 Å². The first kappa shape index (κ1) is 10.9. The van der Waals surface area contributed by atoms with Crippen molar-refractivity contribution in [3.63, 3.8) is 0 Å². The van der Waals surface area contributed by atoms with E-state index in [1.54, 1.807) is 0 Å². The molecule has 2 fully saturated rings. The largest absolute Gasteiger partial charge is 0.377 e. The first-order valence-corrected chi connectivity index (χ1v) is 7.03. The van der Waals surface area contributed by atoms with E-state index < -0.39 is 0 Å². The van der Waals surface area contributed by atoms with Crippen LogP contribution in [0.25, 0.3) is 0 Å². The minimum Gasteiger partial charge on any atom is -0.377 e. The molecule has 2 atom stereocenters. The standard InChI is InChI=1S/C12H21BrO/c13-11-5-1-2-6-12(11)14-9-3-4-10-7-8-10/h10-12H,1-9H2. The van der Waals surface area contributed by atoms with E-state index in [0.29, 0.717) is 10.9 Å². The molecule has 2 unspecified atom stereocenters. The fourth-order valence-corrected chi connectivity index (χ4v) is 2.99. The zero-order valence-electron chi connectivity index (χ0n) is 8.88. The molecule has 1 nitrogen and oxygen atoms in total. The van der Waals surface area contributed by atoms with Gasteiger partial charge in [0.05, 0.1) is 6.10 Å². The smallest absolute Gasteiger partial charge is 0.0700 e. The number of rotatable bonds is 5. The molecule has 0 saturated heterocycles. The van der Waals surface area contributed by atoms with Crippen molar-refractivity contribution in [1.82, 2.24) is 0 Å². The molecule has 0 N–H and O–H groups in total. The Kier molecular flexibility index (Phi) is 4.30.